The Bertz CT molecular complexity index is 180. The minimum atomic E-state index is 1.23. The van der Waals surface area contributed by atoms with Crippen molar-refractivity contribution in [1.29, 1.82) is 0 Å². The summed E-state index contributed by atoms with van der Waals surface area (Å²) in [7, 11) is 2.18. The van der Waals surface area contributed by atoms with Gasteiger partial charge in [0.25, 0.3) is 0 Å². The standard InChI is InChI=1S/C10H18N2/c1-11-6-4-5-10(9-11)12-7-2-3-8-12/h9H,2-8H2,1H3. The Morgan fingerprint density at radius 2 is 1.83 bits per heavy atom. The SMILES string of the molecule is CN1C=C(N2CCCC2)CCC1. The Kier molecular flexibility index (Phi) is 2.24. The zero-order valence-corrected chi connectivity index (χ0v) is 7.92. The van der Waals surface area contributed by atoms with Crippen molar-refractivity contribution in [3.63, 3.8) is 0 Å². The summed E-state index contributed by atoms with van der Waals surface area (Å²) < 4.78 is 0. The Morgan fingerprint density at radius 1 is 1.08 bits per heavy atom. The highest BCUT2D eigenvalue weighted by Gasteiger charge is 2.17. The van der Waals surface area contributed by atoms with E-state index in [0.29, 0.717) is 0 Å². The van der Waals surface area contributed by atoms with Gasteiger partial charge in [-0.1, -0.05) is 0 Å². The van der Waals surface area contributed by atoms with Crippen molar-refractivity contribution < 1.29 is 0 Å². The molecule has 0 saturated carbocycles. The molecule has 0 N–H and O–H groups in total. The molecule has 0 unspecified atom stereocenters. The van der Waals surface area contributed by atoms with E-state index in [9.17, 15) is 0 Å². The van der Waals surface area contributed by atoms with Crippen LogP contribution in [-0.4, -0.2) is 36.5 Å². The van der Waals surface area contributed by atoms with Gasteiger partial charge in [-0.25, -0.2) is 0 Å². The van der Waals surface area contributed by atoms with Crippen LogP contribution < -0.4 is 0 Å². The predicted molar refractivity (Wildman–Crippen MR) is 50.8 cm³/mol. The molecule has 2 heterocycles. The lowest BCUT2D eigenvalue weighted by Crippen LogP contribution is -2.26. The van der Waals surface area contributed by atoms with Gasteiger partial charge in [-0.05, 0) is 25.7 Å². The summed E-state index contributed by atoms with van der Waals surface area (Å²) in [4.78, 5) is 4.87. The Labute approximate surface area is 74.8 Å². The van der Waals surface area contributed by atoms with E-state index in [4.69, 9.17) is 0 Å². The molecule has 0 radical (unpaired) electrons. The Balaban J connectivity index is 2.01. The maximum absolute atomic E-state index is 2.55. The first kappa shape index (κ1) is 7.96. The van der Waals surface area contributed by atoms with Gasteiger partial charge in [0.05, 0.1) is 0 Å². The van der Waals surface area contributed by atoms with Crippen LogP contribution in [0.4, 0.5) is 0 Å². The second-order valence-corrected chi connectivity index (χ2v) is 3.90. The molecule has 0 spiro atoms. The first-order chi connectivity index (χ1) is 5.86. The number of hydrogen-bond acceptors (Lipinski definition) is 2. The van der Waals surface area contributed by atoms with Crippen LogP contribution in [0.3, 0.4) is 0 Å². The van der Waals surface area contributed by atoms with E-state index in [0.717, 1.165) is 0 Å². The summed E-state index contributed by atoms with van der Waals surface area (Å²) in [6.45, 7) is 3.82. The molecule has 2 aliphatic rings. The molecule has 0 aromatic rings. The van der Waals surface area contributed by atoms with Crippen LogP contribution >= 0.6 is 0 Å². The van der Waals surface area contributed by atoms with Gasteiger partial charge < -0.3 is 9.80 Å². The fourth-order valence-electron chi connectivity index (χ4n) is 2.14. The van der Waals surface area contributed by atoms with Crippen LogP contribution in [-0.2, 0) is 0 Å². The molecular formula is C10H18N2. The average Bonchev–Trinajstić information content (AvgIpc) is 2.56. The molecule has 1 fully saturated rings. The van der Waals surface area contributed by atoms with Gasteiger partial charge in [0.1, 0.15) is 0 Å². The fraction of sp³-hybridized carbons (Fsp3) is 0.800. The van der Waals surface area contributed by atoms with Crippen molar-refractivity contribution in [2.24, 2.45) is 0 Å². The summed E-state index contributed by atoms with van der Waals surface area (Å²) in [5.74, 6) is 0. The topological polar surface area (TPSA) is 6.48 Å². The van der Waals surface area contributed by atoms with Gasteiger partial charge >= 0.3 is 0 Å². The summed E-state index contributed by atoms with van der Waals surface area (Å²) in [6, 6.07) is 0. The summed E-state index contributed by atoms with van der Waals surface area (Å²) in [5, 5.41) is 0. The Morgan fingerprint density at radius 3 is 2.50 bits per heavy atom. The van der Waals surface area contributed by atoms with E-state index >= 15 is 0 Å². The number of hydrogen-bond donors (Lipinski definition) is 0. The molecule has 0 aromatic heterocycles. The maximum Gasteiger partial charge on any atom is 0.0295 e. The van der Waals surface area contributed by atoms with Crippen LogP contribution in [0.1, 0.15) is 25.7 Å². The van der Waals surface area contributed by atoms with Gasteiger partial charge in [-0.2, -0.15) is 0 Å². The lowest BCUT2D eigenvalue weighted by atomic mass is 10.2. The molecule has 2 rings (SSSR count). The van der Waals surface area contributed by atoms with Crippen molar-refractivity contribution in [2.45, 2.75) is 25.7 Å². The van der Waals surface area contributed by atoms with Crippen LogP contribution in [0.2, 0.25) is 0 Å². The molecule has 1 saturated heterocycles. The molecule has 12 heavy (non-hydrogen) atoms. The first-order valence-electron chi connectivity index (χ1n) is 5.02. The molecule has 0 atom stereocenters. The quantitative estimate of drug-likeness (QED) is 0.584. The largest absolute Gasteiger partial charge is 0.379 e. The van der Waals surface area contributed by atoms with E-state index in [-0.39, 0.29) is 0 Å². The van der Waals surface area contributed by atoms with Gasteiger partial charge in [-0.15, -0.1) is 0 Å². The molecule has 68 valence electrons. The minimum Gasteiger partial charge on any atom is -0.379 e. The maximum atomic E-state index is 2.55. The number of allylic oxidation sites excluding steroid dienone is 1. The zero-order valence-electron chi connectivity index (χ0n) is 7.92. The van der Waals surface area contributed by atoms with Gasteiger partial charge in [0, 0.05) is 38.6 Å². The van der Waals surface area contributed by atoms with Crippen LogP contribution in [0, 0.1) is 0 Å². The van der Waals surface area contributed by atoms with E-state index in [1.165, 1.54) is 45.3 Å². The molecular weight excluding hydrogens is 148 g/mol. The summed E-state index contributed by atoms with van der Waals surface area (Å²) in [5.41, 5.74) is 1.57. The fourth-order valence-corrected chi connectivity index (χ4v) is 2.14. The monoisotopic (exact) mass is 166 g/mol. The molecule has 2 heteroatoms. The molecule has 0 bridgehead atoms. The summed E-state index contributed by atoms with van der Waals surface area (Å²) in [6.07, 6.45) is 7.74. The van der Waals surface area contributed by atoms with Crippen molar-refractivity contribution in [2.75, 3.05) is 26.7 Å². The highest BCUT2D eigenvalue weighted by Crippen LogP contribution is 2.21. The van der Waals surface area contributed by atoms with Gasteiger partial charge in [-0.3, -0.25) is 0 Å². The van der Waals surface area contributed by atoms with Crippen molar-refractivity contribution in [3.05, 3.63) is 11.9 Å². The normalized spacial score (nSPS) is 24.6. The van der Waals surface area contributed by atoms with Crippen LogP contribution in [0.5, 0.6) is 0 Å². The highest BCUT2D eigenvalue weighted by molar-refractivity contribution is 5.04. The van der Waals surface area contributed by atoms with E-state index < -0.39 is 0 Å². The molecule has 0 aliphatic carbocycles. The van der Waals surface area contributed by atoms with Crippen molar-refractivity contribution in [3.8, 4) is 0 Å². The van der Waals surface area contributed by atoms with Crippen LogP contribution in [0.25, 0.3) is 0 Å². The number of rotatable bonds is 1. The van der Waals surface area contributed by atoms with E-state index in [1.807, 2.05) is 0 Å². The second-order valence-electron chi connectivity index (χ2n) is 3.90. The number of likely N-dealkylation sites (tertiary alicyclic amines) is 1. The molecule has 0 aromatic carbocycles. The second kappa shape index (κ2) is 3.38. The first-order valence-corrected chi connectivity index (χ1v) is 5.02. The van der Waals surface area contributed by atoms with Crippen molar-refractivity contribution in [1.82, 2.24) is 9.80 Å². The molecule has 2 aliphatic heterocycles. The van der Waals surface area contributed by atoms with E-state index in [1.54, 1.807) is 5.70 Å². The van der Waals surface area contributed by atoms with E-state index in [2.05, 4.69) is 23.0 Å². The van der Waals surface area contributed by atoms with Crippen molar-refractivity contribution >= 4 is 0 Å². The van der Waals surface area contributed by atoms with Crippen LogP contribution in [0.15, 0.2) is 11.9 Å². The lowest BCUT2D eigenvalue weighted by Gasteiger charge is -2.29. The minimum absolute atomic E-state index is 1.23. The van der Waals surface area contributed by atoms with Gasteiger partial charge in [0.15, 0.2) is 0 Å². The lowest BCUT2D eigenvalue weighted by molar-refractivity contribution is 0.335. The molecule has 0 amide bonds. The highest BCUT2D eigenvalue weighted by atomic mass is 15.2. The smallest absolute Gasteiger partial charge is 0.0295 e. The Hall–Kier alpha value is -0.660. The average molecular weight is 166 g/mol. The zero-order chi connectivity index (χ0) is 8.39. The summed E-state index contributed by atoms with van der Waals surface area (Å²) >= 11 is 0. The van der Waals surface area contributed by atoms with Gasteiger partial charge in [0.2, 0.25) is 0 Å². The molecule has 2 nitrogen and oxygen atoms in total. The third-order valence-electron chi connectivity index (χ3n) is 2.83. The third kappa shape index (κ3) is 1.57. The predicted octanol–water partition coefficient (Wildman–Crippen LogP) is 1.65. The number of nitrogens with zero attached hydrogens (tertiary/aromatic N) is 2. The third-order valence-corrected chi connectivity index (χ3v) is 2.83.